The van der Waals surface area contributed by atoms with Gasteiger partial charge in [-0.15, -0.1) is 0 Å². The predicted molar refractivity (Wildman–Crippen MR) is 73.4 cm³/mol. The van der Waals surface area contributed by atoms with Crippen molar-refractivity contribution < 1.29 is 9.84 Å². The number of aliphatic hydroxyl groups excluding tert-OH is 1. The molecule has 0 saturated carbocycles. The van der Waals surface area contributed by atoms with E-state index in [1.807, 2.05) is 22.8 Å². The zero-order valence-electron chi connectivity index (χ0n) is 11.0. The number of ether oxygens (including phenoxy) is 1. The minimum Gasteiger partial charge on any atom is -0.496 e. The average molecular weight is 259 g/mol. The molecule has 100 valence electrons. The maximum Gasteiger partial charge on any atom is 0.181 e. The van der Waals surface area contributed by atoms with Crippen LogP contribution in [0.3, 0.4) is 0 Å². The van der Waals surface area contributed by atoms with Crippen molar-refractivity contribution in [2.24, 2.45) is 0 Å². The van der Waals surface area contributed by atoms with E-state index in [1.165, 1.54) is 12.1 Å². The first kappa shape index (κ1) is 13.4. The number of hydrogen-bond donors (Lipinski definition) is 1. The number of benzene rings is 1. The highest BCUT2D eigenvalue weighted by Gasteiger charge is 2.08. The molecule has 1 aromatic heterocycles. The van der Waals surface area contributed by atoms with Crippen molar-refractivity contribution in [1.82, 2.24) is 4.57 Å². The van der Waals surface area contributed by atoms with Crippen LogP contribution in [0.4, 0.5) is 0 Å². The first-order chi connectivity index (χ1) is 9.10. The molecule has 2 aromatic rings. The lowest BCUT2D eigenvalue weighted by Crippen LogP contribution is -2.06. The normalized spacial score (nSPS) is 12.2. The second-order valence-electron chi connectivity index (χ2n) is 4.45. The molecular formula is C15H17NO3. The summed E-state index contributed by atoms with van der Waals surface area (Å²) >= 11 is 0. The van der Waals surface area contributed by atoms with Crippen LogP contribution in [-0.2, 0) is 6.54 Å². The number of nitrogens with zero attached hydrogens (tertiary/aromatic N) is 1. The second-order valence-corrected chi connectivity index (χ2v) is 4.45. The minimum atomic E-state index is -0.515. The van der Waals surface area contributed by atoms with Crippen LogP contribution >= 0.6 is 0 Å². The van der Waals surface area contributed by atoms with E-state index in [-0.39, 0.29) is 5.43 Å². The summed E-state index contributed by atoms with van der Waals surface area (Å²) in [5.74, 6) is 0.767. The van der Waals surface area contributed by atoms with Gasteiger partial charge in [0.15, 0.2) is 5.43 Å². The first-order valence-corrected chi connectivity index (χ1v) is 6.11. The van der Waals surface area contributed by atoms with Crippen molar-refractivity contribution in [3.63, 3.8) is 0 Å². The third-order valence-corrected chi connectivity index (χ3v) is 3.00. The van der Waals surface area contributed by atoms with Gasteiger partial charge in [-0.05, 0) is 24.6 Å². The molecule has 0 spiro atoms. The van der Waals surface area contributed by atoms with Crippen molar-refractivity contribution in [2.75, 3.05) is 7.11 Å². The Balaban J connectivity index is 2.34. The van der Waals surface area contributed by atoms with E-state index in [4.69, 9.17) is 4.74 Å². The van der Waals surface area contributed by atoms with Crippen molar-refractivity contribution >= 4 is 0 Å². The monoisotopic (exact) mass is 259 g/mol. The molecule has 0 amide bonds. The number of methoxy groups -OCH3 is 1. The van der Waals surface area contributed by atoms with Gasteiger partial charge in [0.2, 0.25) is 0 Å². The Hall–Kier alpha value is -2.07. The summed E-state index contributed by atoms with van der Waals surface area (Å²) in [6.45, 7) is 2.31. The van der Waals surface area contributed by atoms with Crippen LogP contribution in [0.1, 0.15) is 24.2 Å². The van der Waals surface area contributed by atoms with Crippen molar-refractivity contribution in [2.45, 2.75) is 19.6 Å². The molecule has 1 atom stereocenters. The van der Waals surface area contributed by atoms with Crippen molar-refractivity contribution in [3.8, 4) is 5.75 Å². The number of hydrogen-bond acceptors (Lipinski definition) is 3. The second kappa shape index (κ2) is 5.71. The Morgan fingerprint density at radius 2 is 1.95 bits per heavy atom. The minimum absolute atomic E-state index is 0.0130. The summed E-state index contributed by atoms with van der Waals surface area (Å²) in [6, 6.07) is 8.65. The largest absolute Gasteiger partial charge is 0.496 e. The SMILES string of the molecule is COc1ccc(C(C)O)cc1Cn1ccc(=O)cc1. The van der Waals surface area contributed by atoms with Gasteiger partial charge in [0, 0.05) is 30.1 Å². The van der Waals surface area contributed by atoms with Crippen LogP contribution in [0.25, 0.3) is 0 Å². The molecule has 0 aliphatic carbocycles. The number of aliphatic hydroxyl groups is 1. The van der Waals surface area contributed by atoms with Gasteiger partial charge >= 0.3 is 0 Å². The van der Waals surface area contributed by atoms with E-state index < -0.39 is 6.10 Å². The molecule has 4 nitrogen and oxygen atoms in total. The van der Waals surface area contributed by atoms with Gasteiger partial charge in [0.25, 0.3) is 0 Å². The molecule has 1 unspecified atom stereocenters. The summed E-state index contributed by atoms with van der Waals surface area (Å²) in [7, 11) is 1.62. The van der Waals surface area contributed by atoms with Crippen LogP contribution in [0.2, 0.25) is 0 Å². The van der Waals surface area contributed by atoms with Crippen LogP contribution < -0.4 is 10.2 Å². The molecule has 19 heavy (non-hydrogen) atoms. The molecule has 0 aliphatic heterocycles. The highest BCUT2D eigenvalue weighted by atomic mass is 16.5. The van der Waals surface area contributed by atoms with E-state index in [0.717, 1.165) is 16.9 Å². The Morgan fingerprint density at radius 1 is 1.26 bits per heavy atom. The predicted octanol–water partition coefficient (Wildman–Crippen LogP) is 1.96. The third kappa shape index (κ3) is 3.23. The van der Waals surface area contributed by atoms with Gasteiger partial charge in [-0.1, -0.05) is 6.07 Å². The van der Waals surface area contributed by atoms with Crippen LogP contribution in [0.5, 0.6) is 5.75 Å². The van der Waals surface area contributed by atoms with E-state index in [0.29, 0.717) is 6.54 Å². The third-order valence-electron chi connectivity index (χ3n) is 3.00. The van der Waals surface area contributed by atoms with Gasteiger partial charge in [-0.2, -0.15) is 0 Å². The fourth-order valence-corrected chi connectivity index (χ4v) is 1.93. The van der Waals surface area contributed by atoms with Gasteiger partial charge in [-0.3, -0.25) is 4.79 Å². The fourth-order valence-electron chi connectivity index (χ4n) is 1.93. The molecule has 1 heterocycles. The molecule has 0 aliphatic rings. The summed E-state index contributed by atoms with van der Waals surface area (Å²) in [5, 5.41) is 9.63. The van der Waals surface area contributed by atoms with E-state index in [2.05, 4.69) is 0 Å². The first-order valence-electron chi connectivity index (χ1n) is 6.11. The van der Waals surface area contributed by atoms with Crippen LogP contribution in [-0.4, -0.2) is 16.8 Å². The zero-order chi connectivity index (χ0) is 13.8. The van der Waals surface area contributed by atoms with Crippen molar-refractivity contribution in [1.29, 1.82) is 0 Å². The van der Waals surface area contributed by atoms with Gasteiger partial charge in [-0.25, -0.2) is 0 Å². The maximum atomic E-state index is 11.1. The highest BCUT2D eigenvalue weighted by Crippen LogP contribution is 2.24. The molecule has 0 saturated heterocycles. The fraction of sp³-hybridized carbons (Fsp3) is 0.267. The van der Waals surface area contributed by atoms with Crippen LogP contribution in [0, 0.1) is 0 Å². The number of rotatable bonds is 4. The quantitative estimate of drug-likeness (QED) is 0.913. The van der Waals surface area contributed by atoms with Crippen molar-refractivity contribution in [3.05, 3.63) is 64.1 Å². The zero-order valence-corrected chi connectivity index (χ0v) is 11.0. The van der Waals surface area contributed by atoms with Gasteiger partial charge in [0.05, 0.1) is 19.8 Å². The molecule has 0 radical (unpaired) electrons. The molecular weight excluding hydrogens is 242 g/mol. The topological polar surface area (TPSA) is 51.5 Å². The lowest BCUT2D eigenvalue weighted by atomic mass is 10.1. The summed E-state index contributed by atoms with van der Waals surface area (Å²) in [6.07, 6.45) is 2.95. The van der Waals surface area contributed by atoms with E-state index in [1.54, 1.807) is 26.4 Å². The van der Waals surface area contributed by atoms with Gasteiger partial charge in [0.1, 0.15) is 5.75 Å². The van der Waals surface area contributed by atoms with E-state index in [9.17, 15) is 9.90 Å². The number of pyridine rings is 1. The highest BCUT2D eigenvalue weighted by molar-refractivity contribution is 5.38. The Morgan fingerprint density at radius 3 is 2.53 bits per heavy atom. The molecule has 4 heteroatoms. The van der Waals surface area contributed by atoms with Gasteiger partial charge < -0.3 is 14.4 Å². The Kier molecular flexibility index (Phi) is 4.02. The Bertz CT molecular complexity index is 597. The number of aromatic nitrogens is 1. The standard InChI is InChI=1S/C15H17NO3/c1-11(17)12-3-4-15(19-2)13(9-12)10-16-7-5-14(18)6-8-16/h3-9,11,17H,10H2,1-2H3. The Labute approximate surface area is 111 Å². The molecule has 1 N–H and O–H groups in total. The summed E-state index contributed by atoms with van der Waals surface area (Å²) < 4.78 is 7.21. The smallest absolute Gasteiger partial charge is 0.181 e. The molecule has 2 rings (SSSR count). The molecule has 0 bridgehead atoms. The lowest BCUT2D eigenvalue weighted by Gasteiger charge is -2.13. The summed E-state index contributed by atoms with van der Waals surface area (Å²) in [4.78, 5) is 11.1. The van der Waals surface area contributed by atoms with E-state index >= 15 is 0 Å². The average Bonchev–Trinajstić information content (AvgIpc) is 2.41. The lowest BCUT2D eigenvalue weighted by molar-refractivity contribution is 0.199. The summed E-state index contributed by atoms with van der Waals surface area (Å²) in [5.41, 5.74) is 1.79. The molecule has 0 fully saturated rings. The van der Waals surface area contributed by atoms with Crippen LogP contribution in [0.15, 0.2) is 47.5 Å². The molecule has 1 aromatic carbocycles. The maximum absolute atomic E-state index is 11.1.